The molecule has 0 N–H and O–H groups in total. The first-order valence-electron chi connectivity index (χ1n) is 4.75. The van der Waals surface area contributed by atoms with E-state index in [9.17, 15) is 13.6 Å². The lowest BCUT2D eigenvalue weighted by atomic mass is 10.0. The summed E-state index contributed by atoms with van der Waals surface area (Å²) in [5.74, 6) is -0.638. The van der Waals surface area contributed by atoms with Crippen molar-refractivity contribution < 1.29 is 18.3 Å². The molecule has 0 saturated heterocycles. The molecule has 90 valence electrons. The predicted octanol–water partition coefficient (Wildman–Crippen LogP) is 1.91. The summed E-state index contributed by atoms with van der Waals surface area (Å²) in [5, 5.41) is 8.75. The van der Waals surface area contributed by atoms with Gasteiger partial charge in [0.25, 0.3) is 6.43 Å². The maximum atomic E-state index is 12.8. The van der Waals surface area contributed by atoms with Crippen LogP contribution >= 0.6 is 0 Å². The van der Waals surface area contributed by atoms with Crippen molar-refractivity contribution in [1.29, 1.82) is 5.26 Å². The number of hydrogen-bond donors (Lipinski definition) is 0. The topological polar surface area (TPSA) is 63.0 Å². The molecule has 1 rings (SSSR count). The predicted molar refractivity (Wildman–Crippen MR) is 54.4 cm³/mol. The lowest BCUT2D eigenvalue weighted by Crippen LogP contribution is -2.10. The van der Waals surface area contributed by atoms with Gasteiger partial charge in [0.05, 0.1) is 19.1 Å². The first kappa shape index (κ1) is 13.0. The molecule has 0 amide bonds. The molecule has 1 aromatic heterocycles. The van der Waals surface area contributed by atoms with Gasteiger partial charge in [-0.15, -0.1) is 0 Å². The number of pyridine rings is 1. The normalized spacial score (nSPS) is 10.1. The van der Waals surface area contributed by atoms with E-state index in [1.54, 1.807) is 13.0 Å². The number of halogens is 2. The molecule has 0 unspecified atom stereocenters. The summed E-state index contributed by atoms with van der Waals surface area (Å²) in [4.78, 5) is 14.8. The molecule has 1 aromatic rings. The number of methoxy groups -OCH3 is 1. The van der Waals surface area contributed by atoms with E-state index in [-0.39, 0.29) is 17.7 Å². The Morgan fingerprint density at radius 2 is 2.29 bits per heavy atom. The van der Waals surface area contributed by atoms with Crippen molar-refractivity contribution in [2.45, 2.75) is 19.8 Å². The van der Waals surface area contributed by atoms with Gasteiger partial charge in [0.15, 0.2) is 0 Å². The van der Waals surface area contributed by atoms with E-state index >= 15 is 0 Å². The lowest BCUT2D eigenvalue weighted by Gasteiger charge is -2.10. The maximum Gasteiger partial charge on any atom is 0.309 e. The zero-order chi connectivity index (χ0) is 13.0. The molecule has 0 bridgehead atoms. The molecule has 0 aliphatic carbocycles. The number of nitrogens with zero attached hydrogens (tertiary/aromatic N) is 2. The number of ether oxygens (including phenoxy) is 1. The second kappa shape index (κ2) is 5.34. The van der Waals surface area contributed by atoms with Crippen molar-refractivity contribution in [2.24, 2.45) is 0 Å². The van der Waals surface area contributed by atoms with Crippen LogP contribution in [-0.4, -0.2) is 18.1 Å². The minimum atomic E-state index is -2.85. The Labute approximate surface area is 96.8 Å². The Balaban J connectivity index is 3.31. The smallest absolute Gasteiger partial charge is 0.309 e. The fraction of sp³-hybridized carbons (Fsp3) is 0.364. The molecule has 6 heteroatoms. The van der Waals surface area contributed by atoms with Crippen LogP contribution < -0.4 is 0 Å². The molecular weight excluding hydrogens is 230 g/mol. The highest BCUT2D eigenvalue weighted by atomic mass is 19.3. The van der Waals surface area contributed by atoms with Gasteiger partial charge in [0, 0.05) is 5.69 Å². The van der Waals surface area contributed by atoms with Gasteiger partial charge in [-0.05, 0) is 18.6 Å². The van der Waals surface area contributed by atoms with E-state index in [1.165, 1.54) is 13.2 Å². The Bertz CT molecular complexity index is 481. The third kappa shape index (κ3) is 2.97. The third-order valence-electron chi connectivity index (χ3n) is 2.16. The zero-order valence-corrected chi connectivity index (χ0v) is 9.33. The van der Waals surface area contributed by atoms with Gasteiger partial charge in [-0.25, -0.2) is 13.8 Å². The number of nitriles is 1. The number of hydrogen-bond acceptors (Lipinski definition) is 4. The number of rotatable bonds is 3. The SMILES string of the molecule is COC(=O)Cc1cc(C)nc(C#N)c1C(F)F. The van der Waals surface area contributed by atoms with Crippen molar-refractivity contribution in [2.75, 3.05) is 7.11 Å². The molecule has 17 heavy (non-hydrogen) atoms. The zero-order valence-electron chi connectivity index (χ0n) is 9.33. The minimum Gasteiger partial charge on any atom is -0.469 e. The average Bonchev–Trinajstić information content (AvgIpc) is 2.27. The van der Waals surface area contributed by atoms with Gasteiger partial charge in [0.2, 0.25) is 0 Å². The summed E-state index contributed by atoms with van der Waals surface area (Å²) in [5.41, 5.74) is -0.358. The van der Waals surface area contributed by atoms with E-state index in [4.69, 9.17) is 5.26 Å². The van der Waals surface area contributed by atoms with Gasteiger partial charge in [-0.1, -0.05) is 0 Å². The number of carbonyl (C=O) groups excluding carboxylic acids is 1. The second-order valence-corrected chi connectivity index (χ2v) is 3.35. The summed E-state index contributed by atoms with van der Waals surface area (Å²) in [7, 11) is 1.17. The molecule has 0 aromatic carbocycles. The van der Waals surface area contributed by atoms with Gasteiger partial charge in [-0.3, -0.25) is 4.79 Å². The van der Waals surface area contributed by atoms with Crippen LogP contribution in [0, 0.1) is 18.3 Å². The first-order chi connectivity index (χ1) is 7.99. The number of aryl methyl sites for hydroxylation is 1. The largest absolute Gasteiger partial charge is 0.469 e. The summed E-state index contributed by atoms with van der Waals surface area (Å²) < 4.78 is 30.1. The molecule has 4 nitrogen and oxygen atoms in total. The summed E-state index contributed by atoms with van der Waals surface area (Å²) in [6.07, 6.45) is -3.15. The Hall–Kier alpha value is -2.03. The molecule has 1 heterocycles. The highest BCUT2D eigenvalue weighted by molar-refractivity contribution is 5.73. The fourth-order valence-electron chi connectivity index (χ4n) is 1.45. The lowest BCUT2D eigenvalue weighted by molar-refractivity contribution is -0.139. The highest BCUT2D eigenvalue weighted by Gasteiger charge is 2.21. The Kier molecular flexibility index (Phi) is 4.10. The van der Waals surface area contributed by atoms with Gasteiger partial charge in [-0.2, -0.15) is 5.26 Å². The van der Waals surface area contributed by atoms with Crippen molar-refractivity contribution in [3.05, 3.63) is 28.6 Å². The Morgan fingerprint density at radius 1 is 1.65 bits per heavy atom. The van der Waals surface area contributed by atoms with Crippen LogP contribution in [0.15, 0.2) is 6.07 Å². The molecule has 0 fully saturated rings. The maximum absolute atomic E-state index is 12.8. The summed E-state index contributed by atoms with van der Waals surface area (Å²) in [6, 6.07) is 2.97. The average molecular weight is 240 g/mol. The van der Waals surface area contributed by atoms with Crippen LogP contribution in [0.5, 0.6) is 0 Å². The van der Waals surface area contributed by atoms with Crippen LogP contribution in [0.4, 0.5) is 8.78 Å². The molecule has 0 aliphatic heterocycles. The minimum absolute atomic E-state index is 0.0795. The van der Waals surface area contributed by atoms with Crippen LogP contribution in [0.1, 0.15) is 28.9 Å². The Morgan fingerprint density at radius 3 is 2.76 bits per heavy atom. The molecule has 0 aliphatic rings. The number of aromatic nitrogens is 1. The van der Waals surface area contributed by atoms with Crippen molar-refractivity contribution in [1.82, 2.24) is 4.98 Å². The molecule has 0 atom stereocenters. The molecule has 0 radical (unpaired) electrons. The monoisotopic (exact) mass is 240 g/mol. The summed E-state index contributed by atoms with van der Waals surface area (Å²) in [6.45, 7) is 1.57. The molecular formula is C11H10F2N2O2. The van der Waals surface area contributed by atoms with E-state index in [1.807, 2.05) is 0 Å². The molecule has 0 spiro atoms. The molecule has 0 saturated carbocycles. The highest BCUT2D eigenvalue weighted by Crippen LogP contribution is 2.26. The second-order valence-electron chi connectivity index (χ2n) is 3.35. The van der Waals surface area contributed by atoms with E-state index in [0.717, 1.165) is 0 Å². The number of alkyl halides is 2. The van der Waals surface area contributed by atoms with Crippen LogP contribution in [-0.2, 0) is 16.0 Å². The number of esters is 1. The van der Waals surface area contributed by atoms with E-state index in [0.29, 0.717) is 5.69 Å². The quantitative estimate of drug-likeness (QED) is 0.757. The van der Waals surface area contributed by atoms with E-state index < -0.39 is 18.0 Å². The van der Waals surface area contributed by atoms with Crippen LogP contribution in [0.2, 0.25) is 0 Å². The van der Waals surface area contributed by atoms with Crippen molar-refractivity contribution in [3.8, 4) is 6.07 Å². The van der Waals surface area contributed by atoms with E-state index in [2.05, 4.69) is 9.72 Å². The first-order valence-corrected chi connectivity index (χ1v) is 4.75. The van der Waals surface area contributed by atoms with Crippen LogP contribution in [0.3, 0.4) is 0 Å². The standard InChI is InChI=1S/C11H10F2N2O2/c1-6-3-7(4-9(16)17-2)10(11(12)13)8(5-14)15-6/h3,11H,4H2,1-2H3. The third-order valence-corrected chi connectivity index (χ3v) is 2.16. The van der Waals surface area contributed by atoms with Crippen molar-refractivity contribution in [3.63, 3.8) is 0 Å². The van der Waals surface area contributed by atoms with Crippen molar-refractivity contribution >= 4 is 5.97 Å². The van der Waals surface area contributed by atoms with Crippen LogP contribution in [0.25, 0.3) is 0 Å². The fourth-order valence-corrected chi connectivity index (χ4v) is 1.45. The number of carbonyl (C=O) groups is 1. The van der Waals surface area contributed by atoms with Gasteiger partial charge < -0.3 is 4.74 Å². The summed E-state index contributed by atoms with van der Waals surface area (Å²) >= 11 is 0. The van der Waals surface area contributed by atoms with Gasteiger partial charge >= 0.3 is 5.97 Å². The van der Waals surface area contributed by atoms with Gasteiger partial charge in [0.1, 0.15) is 11.8 Å².